The van der Waals surface area contributed by atoms with Crippen LogP contribution in [-0.2, 0) is 15.3 Å². The van der Waals surface area contributed by atoms with Crippen molar-refractivity contribution in [3.8, 4) is 0 Å². The van der Waals surface area contributed by atoms with Gasteiger partial charge in [-0.25, -0.2) is 9.78 Å². The van der Waals surface area contributed by atoms with Crippen molar-refractivity contribution in [1.82, 2.24) is 4.98 Å². The van der Waals surface area contributed by atoms with Gasteiger partial charge in [0.1, 0.15) is 5.76 Å². The summed E-state index contributed by atoms with van der Waals surface area (Å²) in [7, 11) is 1.31. The van der Waals surface area contributed by atoms with Crippen molar-refractivity contribution in [2.24, 2.45) is 0 Å². The highest BCUT2D eigenvalue weighted by molar-refractivity contribution is 8.00. The summed E-state index contributed by atoms with van der Waals surface area (Å²) >= 11 is 2.90. The van der Waals surface area contributed by atoms with Gasteiger partial charge < -0.3 is 14.5 Å². The molecule has 106 valence electrons. The number of nitrogens with zero attached hydrogens (tertiary/aromatic N) is 1. The van der Waals surface area contributed by atoms with Crippen LogP contribution >= 0.6 is 23.1 Å². The monoisotopic (exact) mass is 312 g/mol. The van der Waals surface area contributed by atoms with Crippen LogP contribution < -0.4 is 5.32 Å². The van der Waals surface area contributed by atoms with Crippen LogP contribution in [0.3, 0.4) is 0 Å². The van der Waals surface area contributed by atoms with Crippen molar-refractivity contribution < 1.29 is 18.7 Å². The van der Waals surface area contributed by atoms with E-state index in [4.69, 9.17) is 4.42 Å². The molecular formula is C12H12N2O4S2. The number of hydrogen-bond donors (Lipinski definition) is 1. The molecular weight excluding hydrogens is 300 g/mol. The minimum atomic E-state index is -0.494. The molecule has 0 radical (unpaired) electrons. The quantitative estimate of drug-likeness (QED) is 0.675. The summed E-state index contributed by atoms with van der Waals surface area (Å²) in [5, 5.41) is 3.19. The Morgan fingerprint density at radius 3 is 3.00 bits per heavy atom. The smallest absolute Gasteiger partial charge is 0.373 e. The number of ether oxygens (including phenoxy) is 1. The average Bonchev–Trinajstić information content (AvgIpc) is 3.04. The summed E-state index contributed by atoms with van der Waals surface area (Å²) in [6, 6.07) is 3.31. The molecule has 20 heavy (non-hydrogen) atoms. The van der Waals surface area contributed by atoms with Crippen LogP contribution in [0, 0.1) is 0 Å². The first kappa shape index (κ1) is 14.6. The number of anilines is 1. The zero-order valence-electron chi connectivity index (χ0n) is 10.8. The summed E-state index contributed by atoms with van der Waals surface area (Å²) in [6.45, 7) is 1.44. The second-order valence-electron chi connectivity index (χ2n) is 3.71. The Kier molecular flexibility index (Phi) is 4.80. The van der Waals surface area contributed by atoms with Crippen molar-refractivity contribution in [3.63, 3.8) is 0 Å². The van der Waals surface area contributed by atoms with Crippen LogP contribution in [0.1, 0.15) is 23.2 Å². The second-order valence-corrected chi connectivity index (χ2v) is 6.02. The van der Waals surface area contributed by atoms with Gasteiger partial charge in [0.25, 0.3) is 0 Å². The lowest BCUT2D eigenvalue weighted by Crippen LogP contribution is -2.04. The third-order valence-corrected chi connectivity index (χ3v) is 4.30. The lowest BCUT2D eigenvalue weighted by Gasteiger charge is -1.96. The zero-order chi connectivity index (χ0) is 14.5. The number of methoxy groups -OCH3 is 1. The van der Waals surface area contributed by atoms with E-state index in [1.807, 2.05) is 0 Å². The predicted molar refractivity (Wildman–Crippen MR) is 76.0 cm³/mol. The summed E-state index contributed by atoms with van der Waals surface area (Å²) in [5.74, 6) is 0.784. The number of nitrogens with one attached hydrogen (secondary N) is 1. The van der Waals surface area contributed by atoms with E-state index in [1.165, 1.54) is 37.1 Å². The second kappa shape index (κ2) is 6.58. The molecule has 0 unspecified atom stereocenters. The van der Waals surface area contributed by atoms with Crippen molar-refractivity contribution in [2.45, 2.75) is 16.9 Å². The minimum absolute atomic E-state index is 0.148. The van der Waals surface area contributed by atoms with E-state index >= 15 is 0 Å². The topological polar surface area (TPSA) is 81.4 Å². The molecule has 0 spiro atoms. The number of amides is 1. The fourth-order valence-corrected chi connectivity index (χ4v) is 3.15. The van der Waals surface area contributed by atoms with Gasteiger partial charge in [0.05, 0.1) is 23.3 Å². The SMILES string of the molecule is COC(=O)c1ccc(CSc2cnc(NC(C)=O)s2)o1. The number of carbonyl (C=O) groups is 2. The number of carbonyl (C=O) groups excluding carboxylic acids is 2. The normalized spacial score (nSPS) is 10.3. The highest BCUT2D eigenvalue weighted by Gasteiger charge is 2.11. The zero-order valence-corrected chi connectivity index (χ0v) is 12.5. The molecule has 2 aromatic heterocycles. The maximum atomic E-state index is 11.2. The largest absolute Gasteiger partial charge is 0.463 e. The van der Waals surface area contributed by atoms with Gasteiger partial charge >= 0.3 is 5.97 Å². The molecule has 1 N–H and O–H groups in total. The summed E-state index contributed by atoms with van der Waals surface area (Å²) in [6.07, 6.45) is 1.69. The van der Waals surface area contributed by atoms with Crippen LogP contribution in [0.2, 0.25) is 0 Å². The number of furan rings is 1. The molecule has 0 aromatic carbocycles. The van der Waals surface area contributed by atoms with E-state index in [0.29, 0.717) is 16.6 Å². The first-order valence-electron chi connectivity index (χ1n) is 5.61. The third kappa shape index (κ3) is 3.84. The fourth-order valence-electron chi connectivity index (χ4n) is 1.34. The van der Waals surface area contributed by atoms with Crippen LogP contribution in [-0.4, -0.2) is 24.0 Å². The molecule has 8 heteroatoms. The number of aromatic nitrogens is 1. The molecule has 0 aliphatic rings. The highest BCUT2D eigenvalue weighted by atomic mass is 32.2. The Balaban J connectivity index is 1.91. The van der Waals surface area contributed by atoms with E-state index in [2.05, 4.69) is 15.0 Å². The Morgan fingerprint density at radius 1 is 1.50 bits per heavy atom. The number of esters is 1. The van der Waals surface area contributed by atoms with E-state index < -0.39 is 5.97 Å². The maximum Gasteiger partial charge on any atom is 0.373 e. The van der Waals surface area contributed by atoms with Crippen molar-refractivity contribution in [3.05, 3.63) is 29.9 Å². The maximum absolute atomic E-state index is 11.2. The molecule has 2 heterocycles. The van der Waals surface area contributed by atoms with Gasteiger partial charge in [-0.05, 0) is 12.1 Å². The Bertz CT molecular complexity index is 621. The Morgan fingerprint density at radius 2 is 2.30 bits per heavy atom. The molecule has 2 aromatic rings. The van der Waals surface area contributed by atoms with Gasteiger partial charge in [0.2, 0.25) is 11.7 Å². The van der Waals surface area contributed by atoms with Crippen LogP contribution in [0.5, 0.6) is 0 Å². The summed E-state index contributed by atoms with van der Waals surface area (Å²) in [4.78, 5) is 26.2. The lowest BCUT2D eigenvalue weighted by molar-refractivity contribution is -0.114. The Labute approximate surface area is 123 Å². The molecule has 0 fully saturated rings. The number of rotatable bonds is 5. The Hall–Kier alpha value is -1.80. The summed E-state index contributed by atoms with van der Waals surface area (Å²) < 4.78 is 10.9. The number of hydrogen-bond acceptors (Lipinski definition) is 7. The first-order chi connectivity index (χ1) is 9.58. The molecule has 0 aliphatic carbocycles. The van der Waals surface area contributed by atoms with E-state index in [1.54, 1.807) is 18.3 Å². The van der Waals surface area contributed by atoms with Crippen molar-refractivity contribution >= 4 is 40.1 Å². The summed E-state index contributed by atoms with van der Waals surface area (Å²) in [5.41, 5.74) is 0. The third-order valence-electron chi connectivity index (χ3n) is 2.17. The fraction of sp³-hybridized carbons (Fsp3) is 0.250. The van der Waals surface area contributed by atoms with Gasteiger partial charge in [-0.3, -0.25) is 4.79 Å². The number of thiazole rings is 1. The highest BCUT2D eigenvalue weighted by Crippen LogP contribution is 2.31. The standard InChI is InChI=1S/C12H12N2O4S2/c1-7(15)14-12-13-5-10(20-12)19-6-8-3-4-9(18-8)11(16)17-2/h3-5H,6H2,1-2H3,(H,13,14,15). The molecule has 0 aliphatic heterocycles. The molecule has 0 bridgehead atoms. The van der Waals surface area contributed by atoms with Gasteiger partial charge in [-0.2, -0.15) is 0 Å². The first-order valence-corrected chi connectivity index (χ1v) is 7.42. The molecule has 1 amide bonds. The van der Waals surface area contributed by atoms with E-state index in [-0.39, 0.29) is 11.7 Å². The van der Waals surface area contributed by atoms with Crippen molar-refractivity contribution in [2.75, 3.05) is 12.4 Å². The van der Waals surface area contributed by atoms with Gasteiger partial charge in [0.15, 0.2) is 5.13 Å². The molecule has 0 atom stereocenters. The van der Waals surface area contributed by atoms with E-state index in [9.17, 15) is 9.59 Å². The predicted octanol–water partition coefficient (Wildman–Crippen LogP) is 2.77. The lowest BCUT2D eigenvalue weighted by atomic mass is 10.4. The van der Waals surface area contributed by atoms with E-state index in [0.717, 1.165) is 4.21 Å². The van der Waals surface area contributed by atoms with Crippen LogP contribution in [0.15, 0.2) is 27.0 Å². The molecule has 6 nitrogen and oxygen atoms in total. The van der Waals surface area contributed by atoms with Gasteiger partial charge in [-0.15, -0.1) is 11.8 Å². The molecule has 2 rings (SSSR count). The van der Waals surface area contributed by atoms with Crippen LogP contribution in [0.4, 0.5) is 5.13 Å². The molecule has 0 saturated carbocycles. The number of thioether (sulfide) groups is 1. The van der Waals surface area contributed by atoms with Gasteiger partial charge in [-0.1, -0.05) is 11.3 Å². The molecule has 0 saturated heterocycles. The average molecular weight is 312 g/mol. The van der Waals surface area contributed by atoms with Crippen LogP contribution in [0.25, 0.3) is 0 Å². The van der Waals surface area contributed by atoms with Crippen molar-refractivity contribution in [1.29, 1.82) is 0 Å². The minimum Gasteiger partial charge on any atom is -0.463 e. The van der Waals surface area contributed by atoms with Gasteiger partial charge in [0, 0.05) is 6.92 Å².